The number of amides is 1. The molecule has 2 heterocycles. The van der Waals surface area contributed by atoms with Crippen LogP contribution in [0.2, 0.25) is 0 Å². The summed E-state index contributed by atoms with van der Waals surface area (Å²) in [5.74, 6) is 0.720. The van der Waals surface area contributed by atoms with Crippen molar-refractivity contribution in [1.29, 1.82) is 0 Å². The number of benzene rings is 1. The number of pyridine rings is 1. The maximum absolute atomic E-state index is 12.3. The van der Waals surface area contributed by atoms with Crippen LogP contribution in [0.1, 0.15) is 29.4 Å². The van der Waals surface area contributed by atoms with Gasteiger partial charge in [-0.15, -0.1) is 0 Å². The summed E-state index contributed by atoms with van der Waals surface area (Å²) in [6.45, 7) is 8.56. The van der Waals surface area contributed by atoms with Gasteiger partial charge in [-0.3, -0.25) is 4.79 Å². The van der Waals surface area contributed by atoms with Crippen molar-refractivity contribution in [2.45, 2.75) is 44.5 Å². The molecule has 1 atom stereocenters. The lowest BCUT2D eigenvalue weighted by Gasteiger charge is -2.13. The van der Waals surface area contributed by atoms with E-state index in [1.54, 1.807) is 6.26 Å². The lowest BCUT2D eigenvalue weighted by molar-refractivity contribution is -0.120. The molecule has 0 saturated heterocycles. The summed E-state index contributed by atoms with van der Waals surface area (Å²) >= 11 is 1.48. The molecule has 0 spiro atoms. The van der Waals surface area contributed by atoms with E-state index >= 15 is 0 Å². The number of aromatic nitrogens is 1. The van der Waals surface area contributed by atoms with Crippen molar-refractivity contribution in [1.82, 2.24) is 10.3 Å². The van der Waals surface area contributed by atoms with Crippen molar-refractivity contribution in [3.05, 3.63) is 59.0 Å². The molecule has 2 aromatic heterocycles. The van der Waals surface area contributed by atoms with Gasteiger partial charge in [0.1, 0.15) is 5.76 Å². The van der Waals surface area contributed by atoms with E-state index in [-0.39, 0.29) is 11.2 Å². The Balaban J connectivity index is 1.74. The van der Waals surface area contributed by atoms with Crippen molar-refractivity contribution in [2.24, 2.45) is 0 Å². The van der Waals surface area contributed by atoms with Crippen LogP contribution in [0.3, 0.4) is 0 Å². The summed E-state index contributed by atoms with van der Waals surface area (Å²) in [4.78, 5) is 17.1. The van der Waals surface area contributed by atoms with Crippen LogP contribution in [-0.4, -0.2) is 16.1 Å². The summed E-state index contributed by atoms with van der Waals surface area (Å²) in [5, 5.41) is 4.71. The van der Waals surface area contributed by atoms with Crippen LogP contribution in [-0.2, 0) is 11.3 Å². The molecule has 130 valence electrons. The van der Waals surface area contributed by atoms with Crippen molar-refractivity contribution in [2.75, 3.05) is 0 Å². The van der Waals surface area contributed by atoms with E-state index in [4.69, 9.17) is 9.40 Å². The molecule has 3 aromatic rings. The van der Waals surface area contributed by atoms with Gasteiger partial charge in [-0.25, -0.2) is 4.98 Å². The minimum absolute atomic E-state index is 0.0263. The van der Waals surface area contributed by atoms with Gasteiger partial charge in [0.05, 0.1) is 28.6 Å². The SMILES string of the molecule is Cc1cc(C)c2nc(SC(C)C(=O)NCc3ccco3)cc(C)c2c1. The van der Waals surface area contributed by atoms with Gasteiger partial charge >= 0.3 is 0 Å². The predicted molar refractivity (Wildman–Crippen MR) is 102 cm³/mol. The summed E-state index contributed by atoms with van der Waals surface area (Å²) < 4.78 is 5.23. The van der Waals surface area contributed by atoms with Gasteiger partial charge in [-0.2, -0.15) is 0 Å². The van der Waals surface area contributed by atoms with Gasteiger partial charge in [0.2, 0.25) is 5.91 Å². The lowest BCUT2D eigenvalue weighted by Crippen LogP contribution is -2.30. The average Bonchev–Trinajstić information content (AvgIpc) is 3.07. The van der Waals surface area contributed by atoms with Crippen LogP contribution in [0, 0.1) is 20.8 Å². The van der Waals surface area contributed by atoms with E-state index in [0.29, 0.717) is 6.54 Å². The number of carbonyl (C=O) groups excluding carboxylic acids is 1. The van der Waals surface area contributed by atoms with Crippen LogP contribution in [0.15, 0.2) is 46.0 Å². The largest absolute Gasteiger partial charge is 0.467 e. The molecule has 0 radical (unpaired) electrons. The zero-order valence-corrected chi connectivity index (χ0v) is 15.7. The van der Waals surface area contributed by atoms with E-state index < -0.39 is 0 Å². The number of fused-ring (bicyclic) bond motifs is 1. The van der Waals surface area contributed by atoms with Gasteiger partial charge in [-0.05, 0) is 63.1 Å². The van der Waals surface area contributed by atoms with Crippen molar-refractivity contribution in [3.63, 3.8) is 0 Å². The number of carbonyl (C=O) groups is 1. The van der Waals surface area contributed by atoms with Crippen molar-refractivity contribution in [3.8, 4) is 0 Å². The minimum Gasteiger partial charge on any atom is -0.467 e. The fourth-order valence-corrected chi connectivity index (χ4v) is 3.78. The smallest absolute Gasteiger partial charge is 0.233 e. The molecule has 4 nitrogen and oxygen atoms in total. The number of hydrogen-bond donors (Lipinski definition) is 1. The van der Waals surface area contributed by atoms with Gasteiger partial charge in [0.15, 0.2) is 0 Å². The standard InChI is InChI=1S/C20H22N2O2S/c1-12-8-14(3)19-17(9-12)13(2)10-18(22-19)25-15(4)20(23)21-11-16-6-5-7-24-16/h5-10,15H,11H2,1-4H3,(H,21,23). The molecule has 3 rings (SSSR count). The second-order valence-electron chi connectivity index (χ2n) is 6.31. The van der Waals surface area contributed by atoms with Crippen LogP contribution in [0.5, 0.6) is 0 Å². The Morgan fingerprint density at radius 3 is 2.76 bits per heavy atom. The summed E-state index contributed by atoms with van der Waals surface area (Å²) in [7, 11) is 0. The molecule has 1 aromatic carbocycles. The van der Waals surface area contributed by atoms with Crippen LogP contribution in [0.25, 0.3) is 10.9 Å². The molecule has 0 saturated carbocycles. The van der Waals surface area contributed by atoms with E-state index in [1.165, 1.54) is 28.3 Å². The summed E-state index contributed by atoms with van der Waals surface area (Å²) in [6.07, 6.45) is 1.60. The molecule has 0 fully saturated rings. The first kappa shape index (κ1) is 17.5. The van der Waals surface area contributed by atoms with Crippen LogP contribution >= 0.6 is 11.8 Å². The third-order valence-electron chi connectivity index (χ3n) is 4.12. The number of hydrogen-bond acceptors (Lipinski definition) is 4. The molecule has 0 aliphatic carbocycles. The van der Waals surface area contributed by atoms with Crippen molar-refractivity contribution < 1.29 is 9.21 Å². The van der Waals surface area contributed by atoms with Crippen LogP contribution < -0.4 is 5.32 Å². The monoisotopic (exact) mass is 354 g/mol. The van der Waals surface area contributed by atoms with Crippen LogP contribution in [0.4, 0.5) is 0 Å². The third kappa shape index (κ3) is 4.04. The van der Waals surface area contributed by atoms with E-state index in [2.05, 4.69) is 44.3 Å². The molecular weight excluding hydrogens is 332 g/mol. The number of aryl methyl sites for hydroxylation is 3. The fourth-order valence-electron chi connectivity index (χ4n) is 2.84. The highest BCUT2D eigenvalue weighted by Crippen LogP contribution is 2.29. The Morgan fingerprint density at radius 2 is 2.04 bits per heavy atom. The number of thioether (sulfide) groups is 1. The van der Waals surface area contributed by atoms with E-state index in [1.807, 2.05) is 19.1 Å². The number of rotatable bonds is 5. The second kappa shape index (κ2) is 7.31. The Hall–Kier alpha value is -2.27. The molecule has 0 aliphatic rings. The number of furan rings is 1. The van der Waals surface area contributed by atoms with E-state index in [0.717, 1.165) is 21.9 Å². The highest BCUT2D eigenvalue weighted by molar-refractivity contribution is 8.00. The van der Waals surface area contributed by atoms with E-state index in [9.17, 15) is 4.79 Å². The highest BCUT2D eigenvalue weighted by atomic mass is 32.2. The molecule has 5 heteroatoms. The Labute approximate surface area is 152 Å². The number of nitrogens with zero attached hydrogens (tertiary/aromatic N) is 1. The normalized spacial score (nSPS) is 12.3. The molecule has 0 bridgehead atoms. The average molecular weight is 354 g/mol. The molecule has 0 aliphatic heterocycles. The topological polar surface area (TPSA) is 55.1 Å². The number of nitrogens with one attached hydrogen (secondary N) is 1. The Bertz CT molecular complexity index is 904. The molecule has 1 unspecified atom stereocenters. The highest BCUT2D eigenvalue weighted by Gasteiger charge is 2.16. The van der Waals surface area contributed by atoms with Gasteiger partial charge in [0.25, 0.3) is 0 Å². The first-order valence-electron chi connectivity index (χ1n) is 8.29. The maximum Gasteiger partial charge on any atom is 0.233 e. The first-order valence-corrected chi connectivity index (χ1v) is 9.17. The van der Waals surface area contributed by atoms with Gasteiger partial charge in [-0.1, -0.05) is 23.4 Å². The van der Waals surface area contributed by atoms with Gasteiger partial charge in [0, 0.05) is 5.39 Å². The molecule has 1 N–H and O–H groups in total. The maximum atomic E-state index is 12.3. The third-order valence-corrected chi connectivity index (χ3v) is 5.13. The van der Waals surface area contributed by atoms with Crippen molar-refractivity contribution >= 4 is 28.6 Å². The molecule has 25 heavy (non-hydrogen) atoms. The molecular formula is C20H22N2O2S. The quantitative estimate of drug-likeness (QED) is 0.683. The first-order chi connectivity index (χ1) is 11.9. The molecule has 1 amide bonds. The minimum atomic E-state index is -0.231. The Morgan fingerprint density at radius 1 is 1.24 bits per heavy atom. The van der Waals surface area contributed by atoms with Gasteiger partial charge < -0.3 is 9.73 Å². The zero-order chi connectivity index (χ0) is 18.0. The Kier molecular flexibility index (Phi) is 5.13. The summed E-state index contributed by atoms with van der Waals surface area (Å²) in [6, 6.07) is 10.0. The summed E-state index contributed by atoms with van der Waals surface area (Å²) in [5.41, 5.74) is 4.59. The zero-order valence-electron chi connectivity index (χ0n) is 14.9. The predicted octanol–water partition coefficient (Wildman–Crippen LogP) is 4.55. The second-order valence-corrected chi connectivity index (χ2v) is 7.67. The fraction of sp³-hybridized carbons (Fsp3) is 0.300. The lowest BCUT2D eigenvalue weighted by atomic mass is 10.0.